The van der Waals surface area contributed by atoms with E-state index in [2.05, 4.69) is 21.7 Å². The zero-order valence-corrected chi connectivity index (χ0v) is 14.3. The number of anilines is 1. The van der Waals surface area contributed by atoms with Crippen molar-refractivity contribution in [3.63, 3.8) is 0 Å². The van der Waals surface area contributed by atoms with Gasteiger partial charge < -0.3 is 5.32 Å². The first-order valence-electron chi connectivity index (χ1n) is 7.15. The number of carbonyl (C=O) groups excluding carboxylic acids is 1. The number of nitrogens with one attached hydrogen (secondary N) is 1. The first-order chi connectivity index (χ1) is 11.5. The molecule has 2 aromatic carbocycles. The molecule has 0 saturated carbocycles. The average molecular weight is 360 g/mol. The zero-order chi connectivity index (χ0) is 17.1. The molecule has 0 atom stereocenters. The number of benzene rings is 2. The van der Waals surface area contributed by atoms with Gasteiger partial charge in [0.05, 0.1) is 12.2 Å². The van der Waals surface area contributed by atoms with Gasteiger partial charge in [-0.15, -0.1) is 5.10 Å². The summed E-state index contributed by atoms with van der Waals surface area (Å²) in [5.74, 6) is -0.317. The van der Waals surface area contributed by atoms with Crippen molar-refractivity contribution in [1.82, 2.24) is 15.0 Å². The Morgan fingerprint density at radius 2 is 2.04 bits per heavy atom. The third-order valence-corrected chi connectivity index (χ3v) is 3.85. The van der Waals surface area contributed by atoms with Crippen LogP contribution in [0.15, 0.2) is 42.5 Å². The number of aromatic nitrogens is 3. The maximum absolute atomic E-state index is 12.3. The van der Waals surface area contributed by atoms with E-state index in [1.807, 2.05) is 0 Å². The van der Waals surface area contributed by atoms with Crippen molar-refractivity contribution in [1.29, 1.82) is 0 Å². The summed E-state index contributed by atoms with van der Waals surface area (Å²) in [4.78, 5) is 12.3. The fourth-order valence-corrected chi connectivity index (χ4v) is 2.83. The van der Waals surface area contributed by atoms with Gasteiger partial charge in [0.1, 0.15) is 0 Å². The molecule has 5 nitrogen and oxygen atoms in total. The van der Waals surface area contributed by atoms with Crippen molar-refractivity contribution in [2.45, 2.75) is 13.5 Å². The van der Waals surface area contributed by atoms with Crippen molar-refractivity contribution >= 4 is 34.8 Å². The molecule has 1 heterocycles. The molecule has 3 rings (SSSR count). The van der Waals surface area contributed by atoms with Gasteiger partial charge in [-0.25, -0.2) is 4.68 Å². The van der Waals surface area contributed by atoms with Crippen LogP contribution < -0.4 is 5.32 Å². The predicted octanol–water partition coefficient (Wildman–Crippen LogP) is 3.99. The lowest BCUT2D eigenvalue weighted by Crippen LogP contribution is -2.14. The second kappa shape index (κ2) is 7.03. The number of hydrogen-bond acceptors (Lipinski definition) is 3. The van der Waals surface area contributed by atoms with E-state index in [1.54, 1.807) is 54.1 Å². The lowest BCUT2D eigenvalue weighted by molar-refractivity contribution is 0.102. The summed E-state index contributed by atoms with van der Waals surface area (Å²) >= 11 is 12.0. The molecule has 1 N–H and O–H groups in total. The number of nitrogens with zero attached hydrogens (tertiary/aromatic N) is 3. The van der Waals surface area contributed by atoms with E-state index < -0.39 is 0 Å². The van der Waals surface area contributed by atoms with Gasteiger partial charge in [-0.2, -0.15) is 0 Å². The van der Waals surface area contributed by atoms with Crippen LogP contribution in [-0.4, -0.2) is 20.9 Å². The van der Waals surface area contributed by atoms with Gasteiger partial charge in [0.2, 0.25) is 0 Å². The summed E-state index contributed by atoms with van der Waals surface area (Å²) in [5, 5.41) is 11.9. The molecule has 0 aliphatic rings. The molecule has 24 heavy (non-hydrogen) atoms. The standard InChI is InChI=1S/C17H13Cl2N4O/c1-11-16(17(24)20-15-5-3-2-4-6-15)21-22-23(11)10-12-7-13(18)9-14(19)8-12/h2-3,5-9H,10H2,1H3,(H,20,24). The SMILES string of the molecule is Cc1c(C(=O)Nc2c[c]ccc2)nnn1Cc1cc(Cl)cc(Cl)c1. The number of carbonyl (C=O) groups is 1. The number of halogens is 2. The highest BCUT2D eigenvalue weighted by Crippen LogP contribution is 2.20. The predicted molar refractivity (Wildman–Crippen MR) is 93.6 cm³/mol. The minimum atomic E-state index is -0.317. The molecule has 1 amide bonds. The van der Waals surface area contributed by atoms with Crippen molar-refractivity contribution in [2.24, 2.45) is 0 Å². The Kier molecular flexibility index (Phi) is 4.83. The highest BCUT2D eigenvalue weighted by Gasteiger charge is 2.17. The Balaban J connectivity index is 1.79. The maximum atomic E-state index is 12.3. The molecule has 0 aliphatic carbocycles. The molecule has 0 unspecified atom stereocenters. The second-order valence-electron chi connectivity index (χ2n) is 5.21. The van der Waals surface area contributed by atoms with Gasteiger partial charge in [-0.1, -0.05) is 40.5 Å². The van der Waals surface area contributed by atoms with Crippen molar-refractivity contribution in [3.05, 3.63) is 75.5 Å². The van der Waals surface area contributed by atoms with Gasteiger partial charge >= 0.3 is 0 Å². The first kappa shape index (κ1) is 16.5. The molecule has 3 aromatic rings. The Morgan fingerprint density at radius 1 is 1.29 bits per heavy atom. The van der Waals surface area contributed by atoms with E-state index in [0.717, 1.165) is 5.56 Å². The summed E-state index contributed by atoms with van der Waals surface area (Å²) in [6, 6.07) is 15.2. The number of rotatable bonds is 4. The van der Waals surface area contributed by atoms with Crippen LogP contribution in [0.1, 0.15) is 21.7 Å². The highest BCUT2D eigenvalue weighted by molar-refractivity contribution is 6.34. The van der Waals surface area contributed by atoms with Gasteiger partial charge in [0.25, 0.3) is 5.91 Å². The molecule has 0 spiro atoms. The normalized spacial score (nSPS) is 10.6. The molecule has 0 aliphatic heterocycles. The largest absolute Gasteiger partial charge is 0.321 e. The van der Waals surface area contributed by atoms with E-state index in [4.69, 9.17) is 23.2 Å². The van der Waals surface area contributed by atoms with Crippen molar-refractivity contribution < 1.29 is 4.79 Å². The summed E-state index contributed by atoms with van der Waals surface area (Å²) < 4.78 is 1.63. The van der Waals surface area contributed by atoms with E-state index >= 15 is 0 Å². The third-order valence-electron chi connectivity index (χ3n) is 3.42. The molecular weight excluding hydrogens is 347 g/mol. The van der Waals surface area contributed by atoms with Crippen LogP contribution in [0, 0.1) is 13.0 Å². The fourth-order valence-electron chi connectivity index (χ4n) is 2.26. The molecule has 0 bridgehead atoms. The van der Waals surface area contributed by atoms with Gasteiger partial charge in [-0.3, -0.25) is 4.79 Å². The minimum absolute atomic E-state index is 0.270. The van der Waals surface area contributed by atoms with Crippen LogP contribution in [-0.2, 0) is 6.54 Å². The van der Waals surface area contributed by atoms with Crippen LogP contribution in [0.5, 0.6) is 0 Å². The summed E-state index contributed by atoms with van der Waals surface area (Å²) in [6.07, 6.45) is 0. The van der Waals surface area contributed by atoms with Crippen LogP contribution >= 0.6 is 23.2 Å². The van der Waals surface area contributed by atoms with E-state index in [-0.39, 0.29) is 11.6 Å². The van der Waals surface area contributed by atoms with Crippen LogP contribution in [0.3, 0.4) is 0 Å². The summed E-state index contributed by atoms with van der Waals surface area (Å²) in [6.45, 7) is 2.21. The second-order valence-corrected chi connectivity index (χ2v) is 6.08. The lowest BCUT2D eigenvalue weighted by atomic mass is 10.2. The number of hydrogen-bond donors (Lipinski definition) is 1. The molecule has 1 aromatic heterocycles. The summed E-state index contributed by atoms with van der Waals surface area (Å²) in [7, 11) is 0. The average Bonchev–Trinajstić information content (AvgIpc) is 2.88. The molecule has 7 heteroatoms. The van der Waals surface area contributed by atoms with Gasteiger partial charge in [-0.05, 0) is 48.9 Å². The Labute approximate surface area is 149 Å². The highest BCUT2D eigenvalue weighted by atomic mass is 35.5. The molecule has 1 radical (unpaired) electrons. The quantitative estimate of drug-likeness (QED) is 0.765. The van der Waals surface area contributed by atoms with E-state index in [9.17, 15) is 4.79 Å². The third kappa shape index (κ3) is 3.75. The minimum Gasteiger partial charge on any atom is -0.321 e. The first-order valence-corrected chi connectivity index (χ1v) is 7.91. The summed E-state index contributed by atoms with van der Waals surface area (Å²) in [5.41, 5.74) is 2.46. The molecule has 121 valence electrons. The zero-order valence-electron chi connectivity index (χ0n) is 12.8. The van der Waals surface area contributed by atoms with E-state index in [0.29, 0.717) is 28.0 Å². The maximum Gasteiger partial charge on any atom is 0.278 e. The molecule has 0 fully saturated rings. The molecular formula is C17H13Cl2N4O. The monoisotopic (exact) mass is 359 g/mol. The van der Waals surface area contributed by atoms with Crippen LogP contribution in [0.2, 0.25) is 10.0 Å². The van der Waals surface area contributed by atoms with E-state index in [1.165, 1.54) is 0 Å². The number of amides is 1. The van der Waals surface area contributed by atoms with Crippen molar-refractivity contribution in [2.75, 3.05) is 5.32 Å². The van der Waals surface area contributed by atoms with Crippen molar-refractivity contribution in [3.8, 4) is 0 Å². The van der Waals surface area contributed by atoms with Gasteiger partial charge in [0.15, 0.2) is 5.69 Å². The fraction of sp³-hybridized carbons (Fsp3) is 0.118. The lowest BCUT2D eigenvalue weighted by Gasteiger charge is -2.06. The smallest absolute Gasteiger partial charge is 0.278 e. The Morgan fingerprint density at radius 3 is 2.71 bits per heavy atom. The van der Waals surface area contributed by atoms with Crippen LogP contribution in [0.4, 0.5) is 5.69 Å². The molecule has 0 saturated heterocycles. The van der Waals surface area contributed by atoms with Gasteiger partial charge in [0, 0.05) is 15.7 Å². The van der Waals surface area contributed by atoms with Crippen LogP contribution in [0.25, 0.3) is 0 Å². The Bertz CT molecular complexity index is 857. The Hall–Kier alpha value is -2.37. The topological polar surface area (TPSA) is 59.8 Å².